The zero-order valence-corrected chi connectivity index (χ0v) is 15.1. The van der Waals surface area contributed by atoms with E-state index in [1.165, 1.54) is 19.3 Å². The normalized spacial score (nSPS) is 35.0. The minimum absolute atomic E-state index is 0.0618. The lowest BCUT2D eigenvalue weighted by atomic mass is 9.49. The van der Waals surface area contributed by atoms with E-state index in [0.717, 1.165) is 19.3 Å². The Hall–Kier alpha value is -1.59. The second-order valence-electron chi connectivity index (χ2n) is 8.45. The second-order valence-corrected chi connectivity index (χ2v) is 8.45. The van der Waals surface area contributed by atoms with Crippen LogP contribution in [0.5, 0.6) is 0 Å². The minimum atomic E-state index is -1.09. The number of ether oxygens (including phenoxy) is 1. The molecule has 25 heavy (non-hydrogen) atoms. The maximum atomic E-state index is 13.0. The number of carboxylic acids is 1. The number of esters is 1. The molecule has 4 saturated carbocycles. The first kappa shape index (κ1) is 18.2. The Morgan fingerprint density at radius 1 is 1.12 bits per heavy atom. The molecule has 0 spiro atoms. The van der Waals surface area contributed by atoms with E-state index in [1.54, 1.807) is 13.8 Å². The van der Waals surface area contributed by atoms with Gasteiger partial charge in [0, 0.05) is 5.41 Å². The first-order chi connectivity index (χ1) is 11.8. The third kappa shape index (κ3) is 3.67. The van der Waals surface area contributed by atoms with E-state index >= 15 is 0 Å². The molecule has 0 unspecified atom stereocenters. The number of carbonyl (C=O) groups excluding carboxylic acids is 2. The SMILES string of the molecule is CCOC(=O)[C@H](C)C[C@@H](NC(=O)C12CC3CC(CC(C3)C1)C2)C(=O)O. The number of carboxylic acid groups (broad SMARTS) is 1. The molecular weight excluding hydrogens is 322 g/mol. The van der Waals surface area contributed by atoms with Gasteiger partial charge in [0.25, 0.3) is 0 Å². The highest BCUT2D eigenvalue weighted by molar-refractivity contribution is 5.88. The summed E-state index contributed by atoms with van der Waals surface area (Å²) in [7, 11) is 0. The monoisotopic (exact) mass is 351 g/mol. The zero-order valence-electron chi connectivity index (χ0n) is 15.1. The van der Waals surface area contributed by atoms with Crippen LogP contribution in [0.2, 0.25) is 0 Å². The van der Waals surface area contributed by atoms with Crippen molar-refractivity contribution in [2.75, 3.05) is 6.61 Å². The van der Waals surface area contributed by atoms with E-state index in [4.69, 9.17) is 4.74 Å². The summed E-state index contributed by atoms with van der Waals surface area (Å²) in [6, 6.07) is -1.04. The summed E-state index contributed by atoms with van der Waals surface area (Å²) < 4.78 is 4.95. The highest BCUT2D eigenvalue weighted by Gasteiger charge is 2.55. The summed E-state index contributed by atoms with van der Waals surface area (Å²) in [5.41, 5.74) is -0.379. The lowest BCUT2D eigenvalue weighted by Crippen LogP contribution is -2.56. The van der Waals surface area contributed by atoms with Crippen LogP contribution in [0.3, 0.4) is 0 Å². The maximum Gasteiger partial charge on any atom is 0.326 e. The fourth-order valence-corrected chi connectivity index (χ4v) is 5.66. The number of nitrogens with one attached hydrogen (secondary N) is 1. The first-order valence-electron chi connectivity index (χ1n) is 9.53. The van der Waals surface area contributed by atoms with Crippen molar-refractivity contribution in [1.82, 2.24) is 5.32 Å². The summed E-state index contributed by atoms with van der Waals surface area (Å²) in [4.78, 5) is 36.4. The van der Waals surface area contributed by atoms with Gasteiger partial charge < -0.3 is 15.2 Å². The van der Waals surface area contributed by atoms with E-state index in [2.05, 4.69) is 5.32 Å². The van der Waals surface area contributed by atoms with Crippen molar-refractivity contribution < 1.29 is 24.2 Å². The molecular formula is C19H29NO5. The number of hydrogen-bond acceptors (Lipinski definition) is 4. The average molecular weight is 351 g/mol. The van der Waals surface area contributed by atoms with Gasteiger partial charge in [-0.25, -0.2) is 4.79 Å². The maximum absolute atomic E-state index is 13.0. The molecule has 0 aromatic heterocycles. The molecule has 6 nitrogen and oxygen atoms in total. The summed E-state index contributed by atoms with van der Waals surface area (Å²) >= 11 is 0. The Labute approximate surface area is 148 Å². The zero-order chi connectivity index (χ0) is 18.2. The third-order valence-electron chi connectivity index (χ3n) is 6.40. The van der Waals surface area contributed by atoms with Crippen LogP contribution in [-0.4, -0.2) is 35.6 Å². The molecule has 0 aromatic rings. The van der Waals surface area contributed by atoms with Gasteiger partial charge in [0.2, 0.25) is 5.91 Å². The highest BCUT2D eigenvalue weighted by Crippen LogP contribution is 2.60. The van der Waals surface area contributed by atoms with E-state index in [9.17, 15) is 19.5 Å². The quantitative estimate of drug-likeness (QED) is 0.687. The Balaban J connectivity index is 1.65. The Morgan fingerprint density at radius 3 is 2.08 bits per heavy atom. The first-order valence-corrected chi connectivity index (χ1v) is 9.53. The van der Waals surface area contributed by atoms with Gasteiger partial charge in [-0.1, -0.05) is 6.92 Å². The van der Waals surface area contributed by atoms with Gasteiger partial charge in [0.1, 0.15) is 6.04 Å². The van der Waals surface area contributed by atoms with Gasteiger partial charge in [-0.2, -0.15) is 0 Å². The molecule has 4 fully saturated rings. The number of hydrogen-bond donors (Lipinski definition) is 2. The van der Waals surface area contributed by atoms with Gasteiger partial charge in [0.05, 0.1) is 12.5 Å². The molecule has 2 atom stereocenters. The van der Waals surface area contributed by atoms with Crippen LogP contribution in [0, 0.1) is 29.1 Å². The molecule has 6 heteroatoms. The van der Waals surface area contributed by atoms with Gasteiger partial charge >= 0.3 is 11.9 Å². The fourth-order valence-electron chi connectivity index (χ4n) is 5.66. The summed E-state index contributed by atoms with van der Waals surface area (Å²) in [5, 5.41) is 12.3. The molecule has 2 N–H and O–H groups in total. The van der Waals surface area contributed by atoms with Gasteiger partial charge in [-0.15, -0.1) is 0 Å². The molecule has 0 radical (unpaired) electrons. The molecule has 4 rings (SSSR count). The predicted octanol–water partition coefficient (Wildman–Crippen LogP) is 2.36. The van der Waals surface area contributed by atoms with Crippen molar-refractivity contribution in [2.45, 2.75) is 64.8 Å². The topological polar surface area (TPSA) is 92.7 Å². The lowest BCUT2D eigenvalue weighted by Gasteiger charge is -2.55. The smallest absolute Gasteiger partial charge is 0.326 e. The highest BCUT2D eigenvalue weighted by atomic mass is 16.5. The summed E-state index contributed by atoms with van der Waals surface area (Å²) in [5.74, 6) is -0.309. The molecule has 0 aliphatic heterocycles. The van der Waals surface area contributed by atoms with Gasteiger partial charge in [0.15, 0.2) is 0 Å². The van der Waals surface area contributed by atoms with Crippen LogP contribution < -0.4 is 5.32 Å². The van der Waals surface area contributed by atoms with E-state index in [1.807, 2.05) is 0 Å². The molecule has 4 aliphatic rings. The second kappa shape index (κ2) is 6.96. The van der Waals surface area contributed by atoms with Crippen LogP contribution in [-0.2, 0) is 19.1 Å². The summed E-state index contributed by atoms with van der Waals surface area (Å²) in [6.07, 6.45) is 6.43. The van der Waals surface area contributed by atoms with E-state index in [-0.39, 0.29) is 24.3 Å². The van der Waals surface area contributed by atoms with Crippen LogP contribution in [0.1, 0.15) is 58.8 Å². The van der Waals surface area contributed by atoms with Crippen molar-refractivity contribution in [3.05, 3.63) is 0 Å². The average Bonchev–Trinajstić information content (AvgIpc) is 2.52. The number of carbonyl (C=O) groups is 3. The van der Waals surface area contributed by atoms with Crippen LogP contribution in [0.4, 0.5) is 0 Å². The number of amides is 1. The Morgan fingerprint density at radius 2 is 1.64 bits per heavy atom. The van der Waals surface area contributed by atoms with Crippen molar-refractivity contribution in [2.24, 2.45) is 29.1 Å². The lowest BCUT2D eigenvalue weighted by molar-refractivity contribution is -0.153. The Bertz CT molecular complexity index is 523. The van der Waals surface area contributed by atoms with Gasteiger partial charge in [-0.3, -0.25) is 9.59 Å². The molecule has 0 saturated heterocycles. The van der Waals surface area contributed by atoms with E-state index < -0.39 is 23.9 Å². The van der Waals surface area contributed by atoms with Crippen molar-refractivity contribution in [3.63, 3.8) is 0 Å². The van der Waals surface area contributed by atoms with Crippen LogP contribution in [0.25, 0.3) is 0 Å². The molecule has 1 amide bonds. The molecule has 4 bridgehead atoms. The fraction of sp³-hybridized carbons (Fsp3) is 0.842. The largest absolute Gasteiger partial charge is 0.480 e. The minimum Gasteiger partial charge on any atom is -0.480 e. The molecule has 140 valence electrons. The molecule has 0 aromatic carbocycles. The van der Waals surface area contributed by atoms with Crippen molar-refractivity contribution in [3.8, 4) is 0 Å². The molecule has 4 aliphatic carbocycles. The van der Waals surface area contributed by atoms with Crippen LogP contribution >= 0.6 is 0 Å². The standard InChI is InChI=1S/C19H29NO5/c1-3-25-17(23)11(2)4-15(16(21)22)20-18(24)19-8-12-5-13(9-19)7-14(6-12)10-19/h11-15H,3-10H2,1-2H3,(H,20,24)(H,21,22)/t11-,12?,13?,14?,15-,19?/m1/s1. The summed E-state index contributed by atoms with van der Waals surface area (Å²) in [6.45, 7) is 3.62. The van der Waals surface area contributed by atoms with Crippen LogP contribution in [0.15, 0.2) is 0 Å². The molecule has 0 heterocycles. The van der Waals surface area contributed by atoms with E-state index in [0.29, 0.717) is 17.8 Å². The van der Waals surface area contributed by atoms with Crippen molar-refractivity contribution in [1.29, 1.82) is 0 Å². The Kier molecular flexibility index (Phi) is 5.07. The predicted molar refractivity (Wildman–Crippen MR) is 90.6 cm³/mol. The third-order valence-corrected chi connectivity index (χ3v) is 6.40. The number of aliphatic carboxylic acids is 1. The number of rotatable bonds is 7. The van der Waals surface area contributed by atoms with Crippen molar-refractivity contribution >= 4 is 17.8 Å². The van der Waals surface area contributed by atoms with Gasteiger partial charge in [-0.05, 0) is 69.6 Å².